The fourth-order valence-corrected chi connectivity index (χ4v) is 6.49. The van der Waals surface area contributed by atoms with Crippen molar-refractivity contribution in [3.05, 3.63) is 184 Å². The lowest BCUT2D eigenvalue weighted by atomic mass is 10.0. The Bertz CT molecular complexity index is 2050. The van der Waals surface area contributed by atoms with Crippen molar-refractivity contribution in [3.63, 3.8) is 0 Å². The van der Waals surface area contributed by atoms with Crippen LogP contribution in [0.2, 0.25) is 0 Å². The van der Waals surface area contributed by atoms with E-state index in [4.69, 9.17) is 5.10 Å². The van der Waals surface area contributed by atoms with Gasteiger partial charge in [-0.05, 0) is 134 Å². The molecule has 250 valence electrons. The minimum Gasteiger partial charge on any atom is -0.310 e. The topological polar surface area (TPSA) is 18.8 Å². The summed E-state index contributed by atoms with van der Waals surface area (Å²) in [5, 5.41) is 6.92. The van der Waals surface area contributed by atoms with Gasteiger partial charge in [-0.1, -0.05) is 116 Å². The van der Waals surface area contributed by atoms with Gasteiger partial charge in [-0.25, -0.2) is 5.01 Å². The summed E-state index contributed by atoms with van der Waals surface area (Å²) >= 11 is 0. The number of nitrogens with zero attached hydrogens (tertiary/aromatic N) is 3. The zero-order chi connectivity index (χ0) is 35.2. The molecular weight excluding hydrogens is 607 g/mol. The van der Waals surface area contributed by atoms with E-state index in [9.17, 15) is 0 Å². The maximum atomic E-state index is 4.92. The first-order valence-electron chi connectivity index (χ1n) is 17.5. The van der Waals surface area contributed by atoms with Gasteiger partial charge in [-0.15, -0.1) is 0 Å². The molecule has 3 nitrogen and oxygen atoms in total. The SMILES string of the molecule is Cc1cccc(N(N=Cc2ccc(C=Cc3ccc(N(c4ccc(C(C)C)cc4)c4c(C)cc(C)cc4C)cc3)cc2)c2cccc(C)c2)c1. The number of anilines is 5. The number of hydrogen-bond donors (Lipinski definition) is 0. The van der Waals surface area contributed by atoms with Crippen molar-refractivity contribution in [2.45, 2.75) is 54.4 Å². The molecule has 0 aromatic heterocycles. The Labute approximate surface area is 298 Å². The third kappa shape index (κ3) is 8.13. The second-order valence-electron chi connectivity index (χ2n) is 13.7. The average Bonchev–Trinajstić information content (AvgIpc) is 3.10. The Hall–Kier alpha value is -5.67. The molecule has 0 atom stereocenters. The van der Waals surface area contributed by atoms with Gasteiger partial charge in [-0.3, -0.25) is 0 Å². The molecule has 0 aliphatic heterocycles. The van der Waals surface area contributed by atoms with Crippen LogP contribution < -0.4 is 9.91 Å². The molecular formula is C47H47N3. The lowest BCUT2D eigenvalue weighted by Gasteiger charge is -2.29. The van der Waals surface area contributed by atoms with Crippen LogP contribution in [0.3, 0.4) is 0 Å². The molecule has 0 heterocycles. The van der Waals surface area contributed by atoms with Gasteiger partial charge < -0.3 is 4.90 Å². The first-order valence-corrected chi connectivity index (χ1v) is 17.5. The van der Waals surface area contributed by atoms with Crippen molar-refractivity contribution < 1.29 is 0 Å². The summed E-state index contributed by atoms with van der Waals surface area (Å²) in [5.74, 6) is 0.495. The monoisotopic (exact) mass is 653 g/mol. The highest BCUT2D eigenvalue weighted by atomic mass is 15.5. The highest BCUT2D eigenvalue weighted by Gasteiger charge is 2.17. The molecule has 0 saturated heterocycles. The van der Waals surface area contributed by atoms with Crippen molar-refractivity contribution in [2.75, 3.05) is 9.91 Å². The summed E-state index contributed by atoms with van der Waals surface area (Å²) in [7, 11) is 0. The quantitative estimate of drug-likeness (QED) is 0.0832. The van der Waals surface area contributed by atoms with Gasteiger partial charge in [0.15, 0.2) is 0 Å². The van der Waals surface area contributed by atoms with Crippen LogP contribution in [0.15, 0.2) is 139 Å². The average molecular weight is 654 g/mol. The van der Waals surface area contributed by atoms with E-state index >= 15 is 0 Å². The molecule has 6 aromatic carbocycles. The Kier molecular flexibility index (Phi) is 10.4. The maximum Gasteiger partial charge on any atom is 0.0655 e. The van der Waals surface area contributed by atoms with E-state index in [2.05, 4.69) is 199 Å². The van der Waals surface area contributed by atoms with Gasteiger partial charge in [0.25, 0.3) is 0 Å². The number of aryl methyl sites for hydroxylation is 5. The fraction of sp³-hybridized carbons (Fsp3) is 0.170. The van der Waals surface area contributed by atoms with Gasteiger partial charge in [0.1, 0.15) is 0 Å². The molecule has 0 fully saturated rings. The second kappa shape index (κ2) is 15.3. The standard InChI is InChI=1S/C47H47N3/c1-33(2)42-22-26-44(27-23-42)49(47-37(6)28-36(5)29-38(47)7)43-24-20-40(21-25-43)15-14-39-16-18-41(19-17-39)32-48-50(45-12-8-10-34(3)30-45)46-13-9-11-35(4)31-46/h8-33H,1-7H3. The van der Waals surface area contributed by atoms with Gasteiger partial charge in [0, 0.05) is 11.4 Å². The van der Waals surface area contributed by atoms with E-state index in [-0.39, 0.29) is 0 Å². The van der Waals surface area contributed by atoms with E-state index in [0.717, 1.165) is 39.4 Å². The summed E-state index contributed by atoms with van der Waals surface area (Å²) in [6, 6.07) is 47.8. The molecule has 50 heavy (non-hydrogen) atoms. The normalized spacial score (nSPS) is 11.5. The maximum absolute atomic E-state index is 4.92. The van der Waals surface area contributed by atoms with Crippen LogP contribution in [-0.4, -0.2) is 6.21 Å². The van der Waals surface area contributed by atoms with Crippen molar-refractivity contribution in [3.8, 4) is 0 Å². The molecule has 0 bridgehead atoms. The van der Waals surface area contributed by atoms with Crippen molar-refractivity contribution in [1.29, 1.82) is 0 Å². The Morgan fingerprint density at radius 1 is 0.480 bits per heavy atom. The van der Waals surface area contributed by atoms with E-state index in [1.165, 1.54) is 39.1 Å². The van der Waals surface area contributed by atoms with Crippen LogP contribution in [0.25, 0.3) is 12.2 Å². The molecule has 6 aromatic rings. The summed E-state index contributed by atoms with van der Waals surface area (Å²) in [4.78, 5) is 2.39. The third-order valence-electron chi connectivity index (χ3n) is 9.05. The summed E-state index contributed by atoms with van der Waals surface area (Å²) in [6.45, 7) is 15.3. The largest absolute Gasteiger partial charge is 0.310 e. The zero-order valence-corrected chi connectivity index (χ0v) is 30.4. The van der Waals surface area contributed by atoms with E-state index < -0.39 is 0 Å². The van der Waals surface area contributed by atoms with E-state index in [1.807, 2.05) is 11.2 Å². The number of benzene rings is 6. The van der Waals surface area contributed by atoms with Crippen LogP contribution in [0, 0.1) is 34.6 Å². The lowest BCUT2D eigenvalue weighted by Crippen LogP contribution is -2.13. The molecule has 0 amide bonds. The van der Waals surface area contributed by atoms with Crippen LogP contribution in [0.5, 0.6) is 0 Å². The zero-order valence-electron chi connectivity index (χ0n) is 30.4. The van der Waals surface area contributed by atoms with Gasteiger partial charge in [0.05, 0.1) is 23.3 Å². The van der Waals surface area contributed by atoms with Crippen molar-refractivity contribution in [1.82, 2.24) is 0 Å². The van der Waals surface area contributed by atoms with Crippen LogP contribution in [-0.2, 0) is 0 Å². The second-order valence-corrected chi connectivity index (χ2v) is 13.7. The summed E-state index contributed by atoms with van der Waals surface area (Å²) in [5.41, 5.74) is 16.5. The minimum atomic E-state index is 0.495. The number of hydrazone groups is 1. The molecule has 0 spiro atoms. The summed E-state index contributed by atoms with van der Waals surface area (Å²) < 4.78 is 0. The molecule has 6 rings (SSSR count). The first-order chi connectivity index (χ1) is 24.1. The third-order valence-corrected chi connectivity index (χ3v) is 9.05. The van der Waals surface area contributed by atoms with Crippen molar-refractivity contribution >= 4 is 46.8 Å². The Morgan fingerprint density at radius 2 is 0.940 bits per heavy atom. The molecule has 3 heteroatoms. The minimum absolute atomic E-state index is 0.495. The van der Waals surface area contributed by atoms with Gasteiger partial charge >= 0.3 is 0 Å². The molecule has 0 aliphatic carbocycles. The summed E-state index contributed by atoms with van der Waals surface area (Å²) in [6.07, 6.45) is 6.27. The molecule has 0 saturated carbocycles. The molecule has 0 radical (unpaired) electrons. The molecule has 0 unspecified atom stereocenters. The number of hydrogen-bond acceptors (Lipinski definition) is 3. The lowest BCUT2D eigenvalue weighted by molar-refractivity contribution is 0.866. The first kappa shape index (κ1) is 34.2. The van der Waals surface area contributed by atoms with E-state index in [1.54, 1.807) is 0 Å². The van der Waals surface area contributed by atoms with Crippen LogP contribution in [0.1, 0.15) is 69.8 Å². The number of rotatable bonds is 10. The van der Waals surface area contributed by atoms with E-state index in [0.29, 0.717) is 5.92 Å². The highest BCUT2D eigenvalue weighted by molar-refractivity contribution is 5.84. The van der Waals surface area contributed by atoms with Crippen LogP contribution in [0.4, 0.5) is 28.4 Å². The predicted octanol–water partition coefficient (Wildman–Crippen LogP) is 13.2. The van der Waals surface area contributed by atoms with Crippen molar-refractivity contribution in [2.24, 2.45) is 5.10 Å². The van der Waals surface area contributed by atoms with Gasteiger partial charge in [0.2, 0.25) is 0 Å². The highest BCUT2D eigenvalue weighted by Crippen LogP contribution is 2.39. The van der Waals surface area contributed by atoms with Gasteiger partial charge in [-0.2, -0.15) is 5.10 Å². The Morgan fingerprint density at radius 3 is 1.42 bits per heavy atom. The molecule has 0 N–H and O–H groups in total. The molecule has 0 aliphatic rings. The Balaban J connectivity index is 1.21. The fourth-order valence-electron chi connectivity index (χ4n) is 6.49. The predicted molar refractivity (Wildman–Crippen MR) is 217 cm³/mol. The smallest absolute Gasteiger partial charge is 0.0655 e. The van der Waals surface area contributed by atoms with Crippen LogP contribution >= 0.6 is 0 Å².